The molecule has 1 aliphatic heterocycles. The number of methoxy groups -OCH3 is 1. The van der Waals surface area contributed by atoms with Gasteiger partial charge < -0.3 is 14.8 Å². The predicted octanol–water partition coefficient (Wildman–Crippen LogP) is 2.86. The van der Waals surface area contributed by atoms with Crippen molar-refractivity contribution in [1.29, 1.82) is 0 Å². The number of aromatic nitrogens is 4. The molecule has 136 valence electrons. The second-order valence-electron chi connectivity index (χ2n) is 6.11. The maximum atomic E-state index is 12.7. The van der Waals surface area contributed by atoms with Gasteiger partial charge in [-0.1, -0.05) is 5.10 Å². The molecule has 1 aliphatic carbocycles. The van der Waals surface area contributed by atoms with Gasteiger partial charge in [0.25, 0.3) is 0 Å². The lowest BCUT2D eigenvalue weighted by Gasteiger charge is -2.31. The van der Waals surface area contributed by atoms with Crippen LogP contribution in [-0.2, 0) is 4.79 Å². The molecule has 9 heteroatoms. The lowest BCUT2D eigenvalue weighted by atomic mass is 9.85. The molecular weight excluding hydrogens is 402 g/mol. The molecular formula is C17H18BrN5O3. The minimum atomic E-state index is -0.398. The van der Waals surface area contributed by atoms with Gasteiger partial charge in [0, 0.05) is 17.7 Å². The van der Waals surface area contributed by atoms with Crippen LogP contribution in [0.15, 0.2) is 27.9 Å². The maximum Gasteiger partial charge on any atom is 0.248 e. The number of ketones is 1. The highest BCUT2D eigenvalue weighted by atomic mass is 79.9. The number of carbonyl (C=O) groups excluding carboxylic acids is 1. The van der Waals surface area contributed by atoms with Crippen molar-refractivity contribution in [3.05, 3.63) is 33.4 Å². The number of ether oxygens (including phenoxy) is 2. The van der Waals surface area contributed by atoms with Gasteiger partial charge in [-0.2, -0.15) is 4.68 Å². The summed E-state index contributed by atoms with van der Waals surface area (Å²) in [7, 11) is 1.59. The summed E-state index contributed by atoms with van der Waals surface area (Å²) in [5.41, 5.74) is 2.48. The highest BCUT2D eigenvalue weighted by molar-refractivity contribution is 9.10. The summed E-state index contributed by atoms with van der Waals surface area (Å²) in [5.74, 6) is 1.88. The quantitative estimate of drug-likeness (QED) is 0.814. The van der Waals surface area contributed by atoms with Gasteiger partial charge in [-0.3, -0.25) is 4.79 Å². The molecule has 1 aromatic heterocycles. The van der Waals surface area contributed by atoms with Gasteiger partial charge in [0.05, 0.1) is 18.2 Å². The van der Waals surface area contributed by atoms with Gasteiger partial charge in [0.1, 0.15) is 6.04 Å². The second-order valence-corrected chi connectivity index (χ2v) is 6.97. The van der Waals surface area contributed by atoms with Crippen molar-refractivity contribution >= 4 is 27.7 Å². The van der Waals surface area contributed by atoms with Crippen LogP contribution in [0, 0.1) is 0 Å². The molecule has 0 saturated heterocycles. The van der Waals surface area contributed by atoms with Gasteiger partial charge in [0.15, 0.2) is 17.3 Å². The summed E-state index contributed by atoms with van der Waals surface area (Å²) in [6.07, 6.45) is 2.17. The van der Waals surface area contributed by atoms with E-state index < -0.39 is 6.04 Å². The van der Waals surface area contributed by atoms with Crippen molar-refractivity contribution < 1.29 is 14.3 Å². The fourth-order valence-corrected chi connectivity index (χ4v) is 4.15. The van der Waals surface area contributed by atoms with E-state index in [-0.39, 0.29) is 5.78 Å². The molecule has 0 fully saturated rings. The Morgan fingerprint density at radius 2 is 2.23 bits per heavy atom. The standard InChI is InChI=1S/C17H18BrN5O3/c1-3-26-13-8-9(7-10(18)16(13)25-2)15-14-11(5-4-6-12(14)24)19-17-20-21-22-23(15)17/h7-8,15H,3-6H2,1-2H3,(H,19,20,22). The zero-order valence-corrected chi connectivity index (χ0v) is 16.0. The van der Waals surface area contributed by atoms with Crippen molar-refractivity contribution in [2.75, 3.05) is 19.0 Å². The Morgan fingerprint density at radius 1 is 1.38 bits per heavy atom. The molecule has 0 spiro atoms. The number of rotatable bonds is 4. The van der Waals surface area contributed by atoms with E-state index >= 15 is 0 Å². The molecule has 0 saturated carbocycles. The summed E-state index contributed by atoms with van der Waals surface area (Å²) in [4.78, 5) is 12.7. The molecule has 2 aromatic rings. The number of anilines is 1. The monoisotopic (exact) mass is 419 g/mol. The van der Waals surface area contributed by atoms with E-state index in [2.05, 4.69) is 36.8 Å². The zero-order chi connectivity index (χ0) is 18.3. The maximum absolute atomic E-state index is 12.7. The molecule has 2 heterocycles. The zero-order valence-electron chi connectivity index (χ0n) is 14.5. The van der Waals surface area contributed by atoms with Gasteiger partial charge in [-0.05, 0) is 63.8 Å². The van der Waals surface area contributed by atoms with Gasteiger partial charge in [-0.25, -0.2) is 0 Å². The number of hydrogen-bond donors (Lipinski definition) is 1. The molecule has 0 radical (unpaired) electrons. The van der Waals surface area contributed by atoms with E-state index in [4.69, 9.17) is 9.47 Å². The highest BCUT2D eigenvalue weighted by Crippen LogP contribution is 2.44. The van der Waals surface area contributed by atoms with Crippen LogP contribution in [0.25, 0.3) is 0 Å². The summed E-state index contributed by atoms with van der Waals surface area (Å²) >= 11 is 3.55. The minimum absolute atomic E-state index is 0.120. The fourth-order valence-electron chi connectivity index (χ4n) is 3.53. The number of carbonyl (C=O) groups is 1. The second kappa shape index (κ2) is 6.71. The number of fused-ring (bicyclic) bond motifs is 1. The first-order valence-electron chi connectivity index (χ1n) is 8.45. The average Bonchev–Trinajstić information content (AvgIpc) is 3.08. The number of nitrogens with one attached hydrogen (secondary N) is 1. The van der Waals surface area contributed by atoms with Gasteiger partial charge >= 0.3 is 0 Å². The van der Waals surface area contributed by atoms with Gasteiger partial charge in [0.2, 0.25) is 5.95 Å². The first-order valence-corrected chi connectivity index (χ1v) is 9.24. The van der Waals surface area contributed by atoms with Crippen LogP contribution in [0.5, 0.6) is 11.5 Å². The topological polar surface area (TPSA) is 91.2 Å². The lowest BCUT2D eigenvalue weighted by molar-refractivity contribution is -0.116. The predicted molar refractivity (Wildman–Crippen MR) is 97.3 cm³/mol. The molecule has 0 amide bonds. The summed E-state index contributed by atoms with van der Waals surface area (Å²) in [6, 6.07) is 3.42. The van der Waals surface area contributed by atoms with Crippen molar-refractivity contribution in [3.63, 3.8) is 0 Å². The Kier molecular flexibility index (Phi) is 4.39. The summed E-state index contributed by atoms with van der Waals surface area (Å²) in [5, 5.41) is 15.1. The molecule has 8 nitrogen and oxygen atoms in total. The highest BCUT2D eigenvalue weighted by Gasteiger charge is 2.37. The molecule has 26 heavy (non-hydrogen) atoms. The third-order valence-electron chi connectivity index (χ3n) is 4.58. The number of nitrogens with zero attached hydrogens (tertiary/aromatic N) is 4. The largest absolute Gasteiger partial charge is 0.492 e. The molecule has 1 atom stereocenters. The van der Waals surface area contributed by atoms with Crippen LogP contribution in [0.3, 0.4) is 0 Å². The minimum Gasteiger partial charge on any atom is -0.492 e. The van der Waals surface area contributed by atoms with Crippen molar-refractivity contribution in [1.82, 2.24) is 20.2 Å². The summed E-state index contributed by atoms with van der Waals surface area (Å²) < 4.78 is 13.6. The molecule has 2 aliphatic rings. The lowest BCUT2D eigenvalue weighted by Crippen LogP contribution is -2.31. The summed E-state index contributed by atoms with van der Waals surface area (Å²) in [6.45, 7) is 2.41. The van der Waals surface area contributed by atoms with E-state index in [0.29, 0.717) is 30.5 Å². The third-order valence-corrected chi connectivity index (χ3v) is 5.17. The Morgan fingerprint density at radius 3 is 3.00 bits per heavy atom. The number of benzene rings is 1. The molecule has 1 unspecified atom stereocenters. The first kappa shape index (κ1) is 17.0. The van der Waals surface area contributed by atoms with E-state index in [1.165, 1.54) is 0 Å². The Labute approximate surface area is 158 Å². The average molecular weight is 420 g/mol. The van der Waals surface area contributed by atoms with Gasteiger partial charge in [-0.15, -0.1) is 0 Å². The number of Topliss-reactive ketones (excluding diaryl/α,β-unsaturated/α-hetero) is 1. The molecule has 1 N–H and O–H groups in total. The van der Waals surface area contributed by atoms with Crippen LogP contribution < -0.4 is 14.8 Å². The fraction of sp³-hybridized carbons (Fsp3) is 0.412. The molecule has 4 rings (SSSR count). The van der Waals surface area contributed by atoms with E-state index in [1.54, 1.807) is 11.8 Å². The van der Waals surface area contributed by atoms with Crippen LogP contribution in [0.1, 0.15) is 37.8 Å². The van der Waals surface area contributed by atoms with Crippen molar-refractivity contribution in [2.45, 2.75) is 32.2 Å². The van der Waals surface area contributed by atoms with Crippen LogP contribution >= 0.6 is 15.9 Å². The van der Waals surface area contributed by atoms with Crippen LogP contribution in [0.2, 0.25) is 0 Å². The Balaban J connectivity index is 1.91. The van der Waals surface area contributed by atoms with E-state index in [0.717, 1.165) is 34.1 Å². The number of halogens is 1. The Hall–Kier alpha value is -2.42. The van der Waals surface area contributed by atoms with Crippen molar-refractivity contribution in [3.8, 4) is 11.5 Å². The van der Waals surface area contributed by atoms with Crippen LogP contribution in [0.4, 0.5) is 5.95 Å². The number of allylic oxidation sites excluding steroid dienone is 2. The first-order chi connectivity index (χ1) is 12.6. The molecule has 1 aromatic carbocycles. The van der Waals surface area contributed by atoms with E-state index in [1.807, 2.05) is 19.1 Å². The van der Waals surface area contributed by atoms with Crippen LogP contribution in [-0.4, -0.2) is 39.7 Å². The van der Waals surface area contributed by atoms with Crippen molar-refractivity contribution in [2.24, 2.45) is 0 Å². The smallest absolute Gasteiger partial charge is 0.248 e. The number of tetrazole rings is 1. The SMILES string of the molecule is CCOc1cc(C2C3=C(CCCC3=O)Nc3nnnn32)cc(Br)c1OC. The normalized spacial score (nSPS) is 18.9. The molecule has 0 bridgehead atoms. The van der Waals surface area contributed by atoms with E-state index in [9.17, 15) is 4.79 Å². The Bertz CT molecular complexity index is 908. The number of hydrogen-bond acceptors (Lipinski definition) is 7. The third kappa shape index (κ3) is 2.66.